The van der Waals surface area contributed by atoms with Gasteiger partial charge in [-0.25, -0.2) is 24.1 Å². The molecule has 3 aliphatic rings. The number of hydrogen-bond acceptors (Lipinski definition) is 9. The Morgan fingerprint density at radius 1 is 1.21 bits per heavy atom. The first kappa shape index (κ1) is 21.6. The second-order valence-electron chi connectivity index (χ2n) is 8.58. The summed E-state index contributed by atoms with van der Waals surface area (Å²) >= 11 is 0. The SMILES string of the molecule is CN(C(=O)N1CC(F)C1)[C@H]1C[C@H](Oc2cc(-c3cnc(N)nc3)nc(N3CCOCC3)n2)C1. The van der Waals surface area contributed by atoms with Crippen molar-refractivity contribution in [2.24, 2.45) is 0 Å². The summed E-state index contributed by atoms with van der Waals surface area (Å²) in [5.41, 5.74) is 6.97. The lowest BCUT2D eigenvalue weighted by molar-refractivity contribution is 0.0167. The van der Waals surface area contributed by atoms with Crippen LogP contribution in [0.25, 0.3) is 11.3 Å². The molecule has 2 N–H and O–H groups in total. The van der Waals surface area contributed by atoms with Crippen LogP contribution in [-0.4, -0.2) is 101 Å². The molecule has 1 aliphatic carbocycles. The lowest BCUT2D eigenvalue weighted by Gasteiger charge is -2.44. The number of rotatable bonds is 5. The van der Waals surface area contributed by atoms with Gasteiger partial charge in [-0.2, -0.15) is 4.98 Å². The topological polar surface area (TPSA) is 123 Å². The van der Waals surface area contributed by atoms with Gasteiger partial charge >= 0.3 is 6.03 Å². The van der Waals surface area contributed by atoms with Crippen molar-refractivity contribution in [1.29, 1.82) is 0 Å². The van der Waals surface area contributed by atoms with Gasteiger partial charge in [-0.1, -0.05) is 0 Å². The van der Waals surface area contributed by atoms with Crippen molar-refractivity contribution in [1.82, 2.24) is 29.7 Å². The third kappa shape index (κ3) is 4.61. The van der Waals surface area contributed by atoms with E-state index in [2.05, 4.69) is 24.8 Å². The first-order valence-electron chi connectivity index (χ1n) is 11.1. The average Bonchev–Trinajstić information content (AvgIpc) is 2.79. The fraction of sp³-hybridized carbons (Fsp3) is 0.571. The maximum absolute atomic E-state index is 13.1. The summed E-state index contributed by atoms with van der Waals surface area (Å²) in [5.74, 6) is 1.21. The number of urea groups is 1. The van der Waals surface area contributed by atoms with Gasteiger partial charge in [0.1, 0.15) is 12.3 Å². The molecule has 0 unspecified atom stereocenters. The van der Waals surface area contributed by atoms with Gasteiger partial charge in [0.15, 0.2) is 0 Å². The van der Waals surface area contributed by atoms with Crippen molar-refractivity contribution in [3.05, 3.63) is 18.5 Å². The van der Waals surface area contributed by atoms with Crippen LogP contribution in [0, 0.1) is 0 Å². The molecule has 0 bridgehead atoms. The zero-order chi connectivity index (χ0) is 22.9. The van der Waals surface area contributed by atoms with Crippen LogP contribution in [0.4, 0.5) is 21.1 Å². The number of alkyl halides is 1. The highest BCUT2D eigenvalue weighted by Gasteiger charge is 2.40. The van der Waals surface area contributed by atoms with E-state index in [1.165, 1.54) is 4.90 Å². The van der Waals surface area contributed by atoms with Crippen LogP contribution in [0.15, 0.2) is 18.5 Å². The smallest absolute Gasteiger partial charge is 0.320 e. The van der Waals surface area contributed by atoms with Crippen LogP contribution in [0.1, 0.15) is 12.8 Å². The van der Waals surface area contributed by atoms with Crippen molar-refractivity contribution in [3.8, 4) is 17.1 Å². The average molecular weight is 458 g/mol. The molecule has 33 heavy (non-hydrogen) atoms. The second-order valence-corrected chi connectivity index (χ2v) is 8.58. The van der Waals surface area contributed by atoms with Crippen molar-refractivity contribution in [3.63, 3.8) is 0 Å². The summed E-state index contributed by atoms with van der Waals surface area (Å²) in [4.78, 5) is 35.1. The largest absolute Gasteiger partial charge is 0.474 e. The van der Waals surface area contributed by atoms with Gasteiger partial charge in [0.25, 0.3) is 0 Å². The van der Waals surface area contributed by atoms with E-state index in [1.807, 2.05) is 0 Å². The quantitative estimate of drug-likeness (QED) is 0.698. The molecule has 2 aromatic heterocycles. The minimum Gasteiger partial charge on any atom is -0.474 e. The summed E-state index contributed by atoms with van der Waals surface area (Å²) in [6, 6.07) is 1.70. The van der Waals surface area contributed by atoms with E-state index in [4.69, 9.17) is 15.2 Å². The number of carbonyl (C=O) groups excluding carboxylic acids is 1. The van der Waals surface area contributed by atoms with E-state index in [0.717, 1.165) is 0 Å². The highest BCUT2D eigenvalue weighted by molar-refractivity contribution is 5.75. The molecule has 0 aromatic carbocycles. The molecule has 3 fully saturated rings. The van der Waals surface area contributed by atoms with Gasteiger partial charge in [-0.15, -0.1) is 0 Å². The Hall–Kier alpha value is -3.28. The number of halogens is 1. The van der Waals surface area contributed by atoms with E-state index in [0.29, 0.717) is 62.2 Å². The van der Waals surface area contributed by atoms with Gasteiger partial charge in [0, 0.05) is 63.0 Å². The molecule has 2 saturated heterocycles. The number of ether oxygens (including phenoxy) is 2. The summed E-state index contributed by atoms with van der Waals surface area (Å²) in [7, 11) is 1.76. The lowest BCUT2D eigenvalue weighted by Crippen LogP contribution is -2.59. The summed E-state index contributed by atoms with van der Waals surface area (Å²) in [5, 5.41) is 0. The standard InChI is InChI=1S/C21H27FN8O3/c1-28(21(31)30-11-14(22)12-30)15-6-16(7-15)33-18-8-17(13-9-24-19(23)25-10-13)26-20(27-18)29-2-4-32-5-3-29/h8-10,14-16H,2-7,11-12H2,1H3,(H2,23,24,25)/t15-,16-. The van der Waals surface area contributed by atoms with Gasteiger partial charge in [0.05, 0.1) is 32.0 Å². The van der Waals surface area contributed by atoms with Crippen molar-refractivity contribution in [2.75, 3.05) is 57.1 Å². The Morgan fingerprint density at radius 3 is 2.58 bits per heavy atom. The molecular formula is C21H27FN8O3. The summed E-state index contributed by atoms with van der Waals surface area (Å²) in [6.45, 7) is 2.96. The maximum Gasteiger partial charge on any atom is 0.320 e. The zero-order valence-corrected chi connectivity index (χ0v) is 18.4. The minimum atomic E-state index is -0.904. The number of anilines is 2. The van der Waals surface area contributed by atoms with Crippen LogP contribution >= 0.6 is 0 Å². The van der Waals surface area contributed by atoms with Crippen molar-refractivity contribution in [2.45, 2.75) is 31.2 Å². The summed E-state index contributed by atoms with van der Waals surface area (Å²) < 4.78 is 24.7. The van der Waals surface area contributed by atoms with E-state index >= 15 is 0 Å². The first-order chi connectivity index (χ1) is 16.0. The Balaban J connectivity index is 1.28. The Morgan fingerprint density at radius 2 is 1.91 bits per heavy atom. The van der Waals surface area contributed by atoms with Gasteiger partial charge in [-0.3, -0.25) is 0 Å². The van der Waals surface area contributed by atoms with E-state index in [9.17, 15) is 9.18 Å². The van der Waals surface area contributed by atoms with Crippen LogP contribution in [0.3, 0.4) is 0 Å². The normalized spacial score (nSPS) is 23.0. The highest BCUT2D eigenvalue weighted by Crippen LogP contribution is 2.32. The number of nitrogen functional groups attached to an aromatic ring is 1. The fourth-order valence-corrected chi connectivity index (χ4v) is 4.08. The molecule has 176 valence electrons. The van der Waals surface area contributed by atoms with Crippen LogP contribution < -0.4 is 15.4 Å². The predicted octanol–water partition coefficient (Wildman–Crippen LogP) is 0.968. The van der Waals surface area contributed by atoms with Crippen LogP contribution in [0.5, 0.6) is 5.88 Å². The molecule has 0 radical (unpaired) electrons. The number of morpholine rings is 1. The molecule has 11 nitrogen and oxygen atoms in total. The molecular weight excluding hydrogens is 431 g/mol. The Bertz CT molecular complexity index is 992. The molecule has 2 amide bonds. The second kappa shape index (κ2) is 8.93. The van der Waals surface area contributed by atoms with Gasteiger partial charge < -0.3 is 29.9 Å². The van der Waals surface area contributed by atoms with E-state index < -0.39 is 6.17 Å². The first-order valence-corrected chi connectivity index (χ1v) is 11.1. The molecule has 2 aliphatic heterocycles. The van der Waals surface area contributed by atoms with Crippen molar-refractivity contribution >= 4 is 17.9 Å². The maximum atomic E-state index is 13.1. The Labute approximate surface area is 190 Å². The number of aromatic nitrogens is 4. The van der Waals surface area contributed by atoms with E-state index in [1.54, 1.807) is 30.4 Å². The van der Waals surface area contributed by atoms with Gasteiger partial charge in [-0.05, 0) is 0 Å². The highest BCUT2D eigenvalue weighted by atomic mass is 19.1. The van der Waals surface area contributed by atoms with Gasteiger partial charge in [0.2, 0.25) is 17.8 Å². The third-order valence-corrected chi connectivity index (χ3v) is 6.27. The molecule has 12 heteroatoms. The number of carbonyl (C=O) groups is 1. The van der Waals surface area contributed by atoms with Crippen molar-refractivity contribution < 1.29 is 18.7 Å². The third-order valence-electron chi connectivity index (χ3n) is 6.27. The molecule has 2 aromatic rings. The zero-order valence-electron chi connectivity index (χ0n) is 18.4. The summed E-state index contributed by atoms with van der Waals surface area (Å²) in [6.07, 6.45) is 3.64. The number of hydrogen-bond donors (Lipinski definition) is 1. The molecule has 0 atom stereocenters. The van der Waals surface area contributed by atoms with Crippen LogP contribution in [-0.2, 0) is 4.74 Å². The number of likely N-dealkylation sites (tertiary alicyclic amines) is 1. The van der Waals surface area contributed by atoms with E-state index in [-0.39, 0.29) is 37.2 Å². The lowest BCUT2D eigenvalue weighted by atomic mass is 9.88. The molecule has 5 rings (SSSR count). The number of nitrogens with two attached hydrogens (primary N) is 1. The number of amides is 2. The molecule has 0 spiro atoms. The Kier molecular flexibility index (Phi) is 5.83. The monoisotopic (exact) mass is 458 g/mol. The minimum absolute atomic E-state index is 0.0617. The number of nitrogens with zero attached hydrogens (tertiary/aromatic N) is 7. The molecule has 4 heterocycles. The van der Waals surface area contributed by atoms with Crippen LogP contribution in [0.2, 0.25) is 0 Å². The molecule has 1 saturated carbocycles. The predicted molar refractivity (Wildman–Crippen MR) is 118 cm³/mol. The fourth-order valence-electron chi connectivity index (χ4n) is 4.08.